The van der Waals surface area contributed by atoms with Gasteiger partial charge < -0.3 is 10.1 Å². The molecular formula is C16H27NO. The van der Waals surface area contributed by atoms with Crippen LogP contribution in [0.5, 0.6) is 5.75 Å². The zero-order chi connectivity index (χ0) is 13.4. The van der Waals surface area contributed by atoms with E-state index in [2.05, 4.69) is 38.2 Å². The van der Waals surface area contributed by atoms with Crippen molar-refractivity contribution in [2.45, 2.75) is 58.5 Å². The molecule has 0 radical (unpaired) electrons. The molecule has 18 heavy (non-hydrogen) atoms. The summed E-state index contributed by atoms with van der Waals surface area (Å²) in [6.07, 6.45) is 5.19. The molecule has 0 saturated carbocycles. The Balaban J connectivity index is 2.45. The molecule has 2 nitrogen and oxygen atoms in total. The second-order valence-electron chi connectivity index (χ2n) is 5.06. The summed E-state index contributed by atoms with van der Waals surface area (Å²) in [6, 6.07) is 9.24. The highest BCUT2D eigenvalue weighted by Gasteiger charge is 2.09. The van der Waals surface area contributed by atoms with Crippen molar-refractivity contribution in [3.05, 3.63) is 29.8 Å². The van der Waals surface area contributed by atoms with Gasteiger partial charge in [0.15, 0.2) is 0 Å². The summed E-state index contributed by atoms with van der Waals surface area (Å²) < 4.78 is 5.26. The van der Waals surface area contributed by atoms with Gasteiger partial charge in [-0.3, -0.25) is 0 Å². The highest BCUT2D eigenvalue weighted by molar-refractivity contribution is 5.30. The molecule has 0 saturated heterocycles. The van der Waals surface area contributed by atoms with Crippen LogP contribution in [0, 0.1) is 0 Å². The molecule has 0 heterocycles. The summed E-state index contributed by atoms with van der Waals surface area (Å²) in [4.78, 5) is 0. The van der Waals surface area contributed by atoms with Crippen molar-refractivity contribution in [1.29, 1.82) is 0 Å². The van der Waals surface area contributed by atoms with E-state index < -0.39 is 0 Å². The fourth-order valence-electron chi connectivity index (χ4n) is 2.22. The van der Waals surface area contributed by atoms with Gasteiger partial charge in [-0.05, 0) is 38.0 Å². The molecule has 0 amide bonds. The van der Waals surface area contributed by atoms with Crippen LogP contribution >= 0.6 is 0 Å². The summed E-state index contributed by atoms with van der Waals surface area (Å²) in [5.41, 5.74) is 1.29. The Hall–Kier alpha value is -1.02. The highest BCUT2D eigenvalue weighted by Crippen LogP contribution is 2.19. The molecule has 0 spiro atoms. The van der Waals surface area contributed by atoms with E-state index in [0.717, 1.165) is 5.75 Å². The lowest BCUT2D eigenvalue weighted by atomic mass is 10.0. The lowest BCUT2D eigenvalue weighted by Gasteiger charge is -2.20. The summed E-state index contributed by atoms with van der Waals surface area (Å²) in [5.74, 6) is 0.930. The zero-order valence-electron chi connectivity index (χ0n) is 12.2. The van der Waals surface area contributed by atoms with Crippen LogP contribution in [-0.2, 0) is 0 Å². The van der Waals surface area contributed by atoms with Crippen molar-refractivity contribution in [3.63, 3.8) is 0 Å². The second kappa shape index (κ2) is 8.15. The largest absolute Gasteiger partial charge is 0.497 e. The maximum atomic E-state index is 5.26. The number of benzene rings is 1. The number of hydrogen-bond acceptors (Lipinski definition) is 2. The van der Waals surface area contributed by atoms with E-state index in [1.807, 2.05) is 12.1 Å². The number of hydrogen-bond donors (Lipinski definition) is 1. The minimum Gasteiger partial charge on any atom is -0.497 e. The lowest BCUT2D eigenvalue weighted by Crippen LogP contribution is -2.28. The number of nitrogens with one attached hydrogen (secondary N) is 1. The zero-order valence-corrected chi connectivity index (χ0v) is 12.2. The van der Waals surface area contributed by atoms with Crippen LogP contribution in [0.25, 0.3) is 0 Å². The van der Waals surface area contributed by atoms with Crippen LogP contribution in [0.15, 0.2) is 24.3 Å². The predicted octanol–water partition coefficient (Wildman–Crippen LogP) is 4.31. The topological polar surface area (TPSA) is 21.3 Å². The third-order valence-electron chi connectivity index (χ3n) is 3.37. The van der Waals surface area contributed by atoms with Gasteiger partial charge in [0, 0.05) is 12.1 Å². The van der Waals surface area contributed by atoms with Crippen molar-refractivity contribution < 1.29 is 4.74 Å². The summed E-state index contributed by atoms with van der Waals surface area (Å²) in [6.45, 7) is 6.73. The van der Waals surface area contributed by atoms with Gasteiger partial charge in [-0.15, -0.1) is 0 Å². The summed E-state index contributed by atoms with van der Waals surface area (Å²) in [5, 5.41) is 3.65. The third kappa shape index (κ3) is 5.09. The first kappa shape index (κ1) is 15.0. The van der Waals surface area contributed by atoms with Crippen LogP contribution in [0.3, 0.4) is 0 Å². The Morgan fingerprint density at radius 2 is 2.00 bits per heavy atom. The van der Waals surface area contributed by atoms with Crippen LogP contribution in [0.4, 0.5) is 0 Å². The molecule has 1 rings (SSSR count). The first-order valence-electron chi connectivity index (χ1n) is 7.07. The van der Waals surface area contributed by atoms with Crippen LogP contribution in [0.1, 0.15) is 58.1 Å². The monoisotopic (exact) mass is 249 g/mol. The second-order valence-corrected chi connectivity index (χ2v) is 5.06. The fourth-order valence-corrected chi connectivity index (χ4v) is 2.22. The maximum absolute atomic E-state index is 5.26. The van der Waals surface area contributed by atoms with Gasteiger partial charge >= 0.3 is 0 Å². The molecule has 0 aliphatic rings. The van der Waals surface area contributed by atoms with E-state index in [1.165, 1.54) is 31.2 Å². The average molecular weight is 249 g/mol. The normalized spacial score (nSPS) is 14.2. The van der Waals surface area contributed by atoms with Gasteiger partial charge in [0.2, 0.25) is 0 Å². The molecule has 0 aromatic heterocycles. The molecule has 0 fully saturated rings. The Morgan fingerprint density at radius 1 is 1.22 bits per heavy atom. The first-order valence-corrected chi connectivity index (χ1v) is 7.07. The molecule has 1 aromatic carbocycles. The number of methoxy groups -OCH3 is 1. The first-order chi connectivity index (χ1) is 8.67. The standard InChI is InChI=1S/C16H27NO/c1-5-6-7-9-13(2)17-14(3)15-10-8-11-16(12-15)18-4/h8,10-14,17H,5-7,9H2,1-4H3. The Bertz CT molecular complexity index is 338. The molecule has 2 unspecified atom stereocenters. The van der Waals surface area contributed by atoms with Gasteiger partial charge in [0.1, 0.15) is 5.75 Å². The smallest absolute Gasteiger partial charge is 0.119 e. The van der Waals surface area contributed by atoms with Gasteiger partial charge in [-0.2, -0.15) is 0 Å². The SMILES string of the molecule is CCCCCC(C)NC(C)c1cccc(OC)c1. The number of unbranched alkanes of at least 4 members (excludes halogenated alkanes) is 2. The van der Waals surface area contributed by atoms with Gasteiger partial charge in [-0.1, -0.05) is 38.3 Å². The van der Waals surface area contributed by atoms with E-state index >= 15 is 0 Å². The van der Waals surface area contributed by atoms with E-state index in [4.69, 9.17) is 4.74 Å². The lowest BCUT2D eigenvalue weighted by molar-refractivity contribution is 0.410. The maximum Gasteiger partial charge on any atom is 0.119 e. The van der Waals surface area contributed by atoms with E-state index in [0.29, 0.717) is 12.1 Å². The molecule has 2 heteroatoms. The molecule has 1 N–H and O–H groups in total. The summed E-state index contributed by atoms with van der Waals surface area (Å²) >= 11 is 0. The highest BCUT2D eigenvalue weighted by atomic mass is 16.5. The van der Waals surface area contributed by atoms with Crippen LogP contribution in [-0.4, -0.2) is 13.2 Å². The number of ether oxygens (including phenoxy) is 1. The molecule has 1 aromatic rings. The van der Waals surface area contributed by atoms with Gasteiger partial charge in [-0.25, -0.2) is 0 Å². The van der Waals surface area contributed by atoms with E-state index in [9.17, 15) is 0 Å². The Labute approximate surface area is 112 Å². The Kier molecular flexibility index (Phi) is 6.81. The summed E-state index contributed by atoms with van der Waals surface area (Å²) in [7, 11) is 1.71. The Morgan fingerprint density at radius 3 is 2.67 bits per heavy atom. The molecule has 102 valence electrons. The minimum atomic E-state index is 0.372. The quantitative estimate of drug-likeness (QED) is 0.693. The fraction of sp³-hybridized carbons (Fsp3) is 0.625. The molecular weight excluding hydrogens is 222 g/mol. The number of rotatable bonds is 8. The van der Waals surface area contributed by atoms with Gasteiger partial charge in [0.25, 0.3) is 0 Å². The van der Waals surface area contributed by atoms with Crippen LogP contribution < -0.4 is 10.1 Å². The van der Waals surface area contributed by atoms with Crippen molar-refractivity contribution in [2.24, 2.45) is 0 Å². The third-order valence-corrected chi connectivity index (χ3v) is 3.37. The predicted molar refractivity (Wildman–Crippen MR) is 78.1 cm³/mol. The van der Waals surface area contributed by atoms with E-state index in [-0.39, 0.29) is 0 Å². The van der Waals surface area contributed by atoms with Crippen molar-refractivity contribution >= 4 is 0 Å². The molecule has 0 aliphatic heterocycles. The molecule has 0 aliphatic carbocycles. The van der Waals surface area contributed by atoms with Crippen LogP contribution in [0.2, 0.25) is 0 Å². The average Bonchev–Trinajstić information content (AvgIpc) is 2.39. The molecule has 0 bridgehead atoms. The molecule has 2 atom stereocenters. The van der Waals surface area contributed by atoms with Crippen molar-refractivity contribution in [1.82, 2.24) is 5.32 Å². The van der Waals surface area contributed by atoms with E-state index in [1.54, 1.807) is 7.11 Å². The van der Waals surface area contributed by atoms with Crippen molar-refractivity contribution in [2.75, 3.05) is 7.11 Å². The minimum absolute atomic E-state index is 0.372. The van der Waals surface area contributed by atoms with Crippen molar-refractivity contribution in [3.8, 4) is 5.75 Å². The van der Waals surface area contributed by atoms with Gasteiger partial charge in [0.05, 0.1) is 7.11 Å².